The summed E-state index contributed by atoms with van der Waals surface area (Å²) >= 11 is 0. The SMILES string of the molecule is NNC(c1ccoc1)c1cnc2ccccc2c1. The summed E-state index contributed by atoms with van der Waals surface area (Å²) in [5.74, 6) is 5.62. The van der Waals surface area contributed by atoms with E-state index in [-0.39, 0.29) is 6.04 Å². The first-order chi connectivity index (χ1) is 8.88. The van der Waals surface area contributed by atoms with Gasteiger partial charge < -0.3 is 4.42 Å². The second-order valence-electron chi connectivity index (χ2n) is 4.12. The molecule has 0 saturated carbocycles. The van der Waals surface area contributed by atoms with Crippen LogP contribution in [0.3, 0.4) is 0 Å². The second-order valence-corrected chi connectivity index (χ2v) is 4.12. The lowest BCUT2D eigenvalue weighted by molar-refractivity contribution is 0.553. The third-order valence-corrected chi connectivity index (χ3v) is 2.99. The fraction of sp³-hybridized carbons (Fsp3) is 0.0714. The van der Waals surface area contributed by atoms with E-state index in [4.69, 9.17) is 10.3 Å². The zero-order chi connectivity index (χ0) is 12.4. The summed E-state index contributed by atoms with van der Waals surface area (Å²) in [6.45, 7) is 0. The van der Waals surface area contributed by atoms with Gasteiger partial charge in [0.05, 0.1) is 24.1 Å². The van der Waals surface area contributed by atoms with Gasteiger partial charge >= 0.3 is 0 Å². The summed E-state index contributed by atoms with van der Waals surface area (Å²) in [7, 11) is 0. The van der Waals surface area contributed by atoms with Gasteiger partial charge in [-0.25, -0.2) is 5.43 Å². The van der Waals surface area contributed by atoms with Crippen molar-refractivity contribution in [3.05, 3.63) is 66.2 Å². The van der Waals surface area contributed by atoms with Crippen LogP contribution < -0.4 is 11.3 Å². The Morgan fingerprint density at radius 2 is 2.06 bits per heavy atom. The van der Waals surface area contributed by atoms with Gasteiger partial charge in [0, 0.05) is 17.1 Å². The monoisotopic (exact) mass is 239 g/mol. The van der Waals surface area contributed by atoms with Crippen molar-refractivity contribution in [1.29, 1.82) is 0 Å². The maximum atomic E-state index is 5.62. The molecular weight excluding hydrogens is 226 g/mol. The van der Waals surface area contributed by atoms with Crippen LogP contribution in [0.4, 0.5) is 0 Å². The van der Waals surface area contributed by atoms with Gasteiger partial charge in [-0.15, -0.1) is 0 Å². The highest BCUT2D eigenvalue weighted by molar-refractivity contribution is 5.78. The molecule has 0 bridgehead atoms. The third kappa shape index (κ3) is 1.88. The van der Waals surface area contributed by atoms with Gasteiger partial charge in [0.25, 0.3) is 0 Å². The van der Waals surface area contributed by atoms with E-state index in [2.05, 4.69) is 16.5 Å². The van der Waals surface area contributed by atoms with Crippen molar-refractivity contribution in [2.75, 3.05) is 0 Å². The molecule has 1 atom stereocenters. The Morgan fingerprint density at radius 1 is 1.17 bits per heavy atom. The predicted octanol–water partition coefficient (Wildman–Crippen LogP) is 2.38. The smallest absolute Gasteiger partial charge is 0.0954 e. The number of nitrogens with two attached hydrogens (primary N) is 1. The van der Waals surface area contributed by atoms with E-state index in [1.165, 1.54) is 0 Å². The molecule has 0 spiro atoms. The number of hydrogen-bond donors (Lipinski definition) is 2. The molecule has 18 heavy (non-hydrogen) atoms. The zero-order valence-electron chi connectivity index (χ0n) is 9.71. The van der Waals surface area contributed by atoms with E-state index in [1.807, 2.05) is 36.5 Å². The largest absolute Gasteiger partial charge is 0.472 e. The Bertz CT molecular complexity index is 649. The van der Waals surface area contributed by atoms with Crippen LogP contribution >= 0.6 is 0 Å². The van der Waals surface area contributed by atoms with E-state index in [0.29, 0.717) is 0 Å². The first-order valence-electron chi connectivity index (χ1n) is 5.71. The molecule has 0 saturated heterocycles. The first-order valence-corrected chi connectivity index (χ1v) is 5.71. The van der Waals surface area contributed by atoms with Crippen molar-refractivity contribution in [1.82, 2.24) is 10.4 Å². The van der Waals surface area contributed by atoms with Gasteiger partial charge in [0.1, 0.15) is 0 Å². The van der Waals surface area contributed by atoms with Crippen LogP contribution in [0.15, 0.2) is 59.5 Å². The van der Waals surface area contributed by atoms with Crippen molar-refractivity contribution >= 4 is 10.9 Å². The summed E-state index contributed by atoms with van der Waals surface area (Å²) in [6, 6.07) is 11.9. The number of pyridine rings is 1. The fourth-order valence-corrected chi connectivity index (χ4v) is 2.07. The highest BCUT2D eigenvalue weighted by atomic mass is 16.3. The number of fused-ring (bicyclic) bond motifs is 1. The molecule has 3 aromatic rings. The van der Waals surface area contributed by atoms with Crippen molar-refractivity contribution in [2.24, 2.45) is 5.84 Å². The maximum absolute atomic E-state index is 5.62. The molecule has 2 aromatic heterocycles. The van der Waals surface area contributed by atoms with Gasteiger partial charge in [-0.2, -0.15) is 0 Å². The number of hydrogen-bond acceptors (Lipinski definition) is 4. The summed E-state index contributed by atoms with van der Waals surface area (Å²) in [5, 5.41) is 1.10. The van der Waals surface area contributed by atoms with Crippen LogP contribution in [0.2, 0.25) is 0 Å². The maximum Gasteiger partial charge on any atom is 0.0954 e. The fourth-order valence-electron chi connectivity index (χ4n) is 2.07. The number of benzene rings is 1. The molecule has 2 heterocycles. The standard InChI is InChI=1S/C14H13N3O/c15-17-14(11-5-6-18-9-11)12-7-10-3-1-2-4-13(10)16-8-12/h1-9,14,17H,15H2. The average molecular weight is 239 g/mol. The Kier molecular flexibility index (Phi) is 2.80. The van der Waals surface area contributed by atoms with Gasteiger partial charge in [-0.1, -0.05) is 18.2 Å². The van der Waals surface area contributed by atoms with E-state index >= 15 is 0 Å². The van der Waals surface area contributed by atoms with Crippen LogP contribution in [0.25, 0.3) is 10.9 Å². The molecule has 3 rings (SSSR count). The minimum absolute atomic E-state index is 0.110. The average Bonchev–Trinajstić information content (AvgIpc) is 2.93. The Morgan fingerprint density at radius 3 is 2.83 bits per heavy atom. The minimum Gasteiger partial charge on any atom is -0.472 e. The van der Waals surface area contributed by atoms with Gasteiger partial charge in [0.15, 0.2) is 0 Å². The first kappa shape index (κ1) is 11.0. The van der Waals surface area contributed by atoms with Crippen LogP contribution in [-0.4, -0.2) is 4.98 Å². The number of aromatic nitrogens is 1. The highest BCUT2D eigenvalue weighted by Crippen LogP contribution is 2.23. The molecule has 0 radical (unpaired) electrons. The lowest BCUT2D eigenvalue weighted by Crippen LogP contribution is -2.28. The molecule has 0 aliphatic carbocycles. The van der Waals surface area contributed by atoms with Crippen LogP contribution in [-0.2, 0) is 0 Å². The summed E-state index contributed by atoms with van der Waals surface area (Å²) in [6.07, 6.45) is 5.15. The number of nitrogens with zero attached hydrogens (tertiary/aromatic N) is 1. The number of para-hydroxylation sites is 1. The molecule has 1 aromatic carbocycles. The molecule has 4 nitrogen and oxygen atoms in total. The highest BCUT2D eigenvalue weighted by Gasteiger charge is 2.14. The number of nitrogens with one attached hydrogen (secondary N) is 1. The molecule has 0 aliphatic rings. The molecule has 4 heteroatoms. The third-order valence-electron chi connectivity index (χ3n) is 2.99. The molecule has 0 fully saturated rings. The molecule has 0 aliphatic heterocycles. The van der Waals surface area contributed by atoms with E-state index in [9.17, 15) is 0 Å². The topological polar surface area (TPSA) is 64.1 Å². The zero-order valence-corrected chi connectivity index (χ0v) is 9.71. The van der Waals surface area contributed by atoms with E-state index in [0.717, 1.165) is 22.0 Å². The lowest BCUT2D eigenvalue weighted by atomic mass is 10.0. The van der Waals surface area contributed by atoms with Crippen molar-refractivity contribution < 1.29 is 4.42 Å². The minimum atomic E-state index is -0.110. The Labute approximate surface area is 104 Å². The lowest BCUT2D eigenvalue weighted by Gasteiger charge is -2.14. The Hall–Kier alpha value is -2.17. The molecule has 1 unspecified atom stereocenters. The van der Waals surface area contributed by atoms with Crippen molar-refractivity contribution in [3.63, 3.8) is 0 Å². The van der Waals surface area contributed by atoms with Crippen LogP contribution in [0, 0.1) is 0 Å². The van der Waals surface area contributed by atoms with E-state index < -0.39 is 0 Å². The quantitative estimate of drug-likeness (QED) is 0.544. The Balaban J connectivity index is 2.07. The summed E-state index contributed by atoms with van der Waals surface area (Å²) in [4.78, 5) is 4.43. The van der Waals surface area contributed by atoms with Gasteiger partial charge in [-0.3, -0.25) is 10.8 Å². The number of hydrazine groups is 1. The normalized spacial score (nSPS) is 12.7. The van der Waals surface area contributed by atoms with Gasteiger partial charge in [0.2, 0.25) is 0 Å². The van der Waals surface area contributed by atoms with Crippen LogP contribution in [0.5, 0.6) is 0 Å². The molecule has 0 amide bonds. The second kappa shape index (κ2) is 4.60. The number of furan rings is 1. The van der Waals surface area contributed by atoms with Crippen molar-refractivity contribution in [3.8, 4) is 0 Å². The van der Waals surface area contributed by atoms with E-state index in [1.54, 1.807) is 12.5 Å². The molecular formula is C14H13N3O. The summed E-state index contributed by atoms with van der Waals surface area (Å²) in [5.41, 5.74) is 5.75. The number of rotatable bonds is 3. The van der Waals surface area contributed by atoms with Crippen LogP contribution in [0.1, 0.15) is 17.2 Å². The predicted molar refractivity (Wildman–Crippen MR) is 69.6 cm³/mol. The van der Waals surface area contributed by atoms with Crippen molar-refractivity contribution in [2.45, 2.75) is 6.04 Å². The van der Waals surface area contributed by atoms with Gasteiger partial charge in [-0.05, 0) is 23.8 Å². The molecule has 3 N–H and O–H groups in total. The summed E-state index contributed by atoms with van der Waals surface area (Å²) < 4.78 is 5.09. The molecule has 90 valence electrons.